The molecule has 1 atom stereocenters. The van der Waals surface area contributed by atoms with Crippen molar-refractivity contribution in [3.63, 3.8) is 0 Å². The van der Waals surface area contributed by atoms with Gasteiger partial charge in [-0.1, -0.05) is 43.7 Å². The first-order valence-corrected chi connectivity index (χ1v) is 7.19. The fourth-order valence-corrected chi connectivity index (χ4v) is 2.26. The maximum atomic E-state index is 13.8. The zero-order chi connectivity index (χ0) is 15.4. The lowest BCUT2D eigenvalue weighted by atomic mass is 9.96. The maximum absolute atomic E-state index is 13.8. The number of halogens is 1. The molecule has 0 aliphatic heterocycles. The van der Waals surface area contributed by atoms with Gasteiger partial charge in [0.1, 0.15) is 5.82 Å². The minimum Gasteiger partial charge on any atom is -0.322 e. The minimum absolute atomic E-state index is 0.0777. The van der Waals surface area contributed by atoms with Gasteiger partial charge in [0.25, 0.3) is 5.91 Å². The van der Waals surface area contributed by atoms with Gasteiger partial charge in [0.2, 0.25) is 0 Å². The first-order chi connectivity index (χ1) is 10.0. The zero-order valence-corrected chi connectivity index (χ0v) is 12.6. The second kappa shape index (κ2) is 6.53. The van der Waals surface area contributed by atoms with Crippen molar-refractivity contribution < 1.29 is 9.18 Å². The molecular formula is C18H20FNO. The third kappa shape index (κ3) is 3.48. The summed E-state index contributed by atoms with van der Waals surface area (Å²) in [5.41, 5.74) is 2.75. The summed E-state index contributed by atoms with van der Waals surface area (Å²) in [5.74, 6) is -0.574. The molecule has 21 heavy (non-hydrogen) atoms. The van der Waals surface area contributed by atoms with Crippen molar-refractivity contribution in [3.8, 4) is 0 Å². The first kappa shape index (κ1) is 15.2. The SMILES string of the molecule is CCC(C)c1ccccc1NC(=O)c1cc(C)ccc1F. The predicted octanol–water partition coefficient (Wildman–Crippen LogP) is 4.90. The third-order valence-electron chi connectivity index (χ3n) is 3.72. The molecule has 2 rings (SSSR count). The molecule has 1 amide bonds. The van der Waals surface area contributed by atoms with Gasteiger partial charge in [-0.3, -0.25) is 4.79 Å². The number of hydrogen-bond donors (Lipinski definition) is 1. The van der Waals surface area contributed by atoms with Crippen LogP contribution in [0.4, 0.5) is 10.1 Å². The number of nitrogens with one attached hydrogen (secondary N) is 1. The summed E-state index contributed by atoms with van der Waals surface area (Å²) in [5, 5.41) is 2.83. The van der Waals surface area contributed by atoms with E-state index in [9.17, 15) is 9.18 Å². The molecular weight excluding hydrogens is 265 g/mol. The van der Waals surface area contributed by atoms with Crippen LogP contribution in [0.3, 0.4) is 0 Å². The zero-order valence-electron chi connectivity index (χ0n) is 12.6. The van der Waals surface area contributed by atoms with E-state index >= 15 is 0 Å². The molecule has 0 saturated heterocycles. The van der Waals surface area contributed by atoms with Crippen LogP contribution in [0, 0.1) is 12.7 Å². The van der Waals surface area contributed by atoms with Crippen LogP contribution < -0.4 is 5.32 Å². The summed E-state index contributed by atoms with van der Waals surface area (Å²) in [6, 6.07) is 12.2. The van der Waals surface area contributed by atoms with E-state index in [2.05, 4.69) is 19.2 Å². The Labute approximate surface area is 125 Å². The fraction of sp³-hybridized carbons (Fsp3) is 0.278. The molecule has 0 bridgehead atoms. The number of hydrogen-bond acceptors (Lipinski definition) is 1. The van der Waals surface area contributed by atoms with E-state index in [-0.39, 0.29) is 5.56 Å². The van der Waals surface area contributed by atoms with Crippen LogP contribution in [0.2, 0.25) is 0 Å². The molecule has 1 unspecified atom stereocenters. The molecule has 0 heterocycles. The van der Waals surface area contributed by atoms with Gasteiger partial charge >= 0.3 is 0 Å². The molecule has 0 spiro atoms. The molecule has 1 N–H and O–H groups in total. The molecule has 0 aliphatic carbocycles. The van der Waals surface area contributed by atoms with Gasteiger partial charge in [0, 0.05) is 5.69 Å². The Hall–Kier alpha value is -2.16. The predicted molar refractivity (Wildman–Crippen MR) is 84.2 cm³/mol. The topological polar surface area (TPSA) is 29.1 Å². The summed E-state index contributed by atoms with van der Waals surface area (Å²) < 4.78 is 13.8. The van der Waals surface area contributed by atoms with Crippen LogP contribution >= 0.6 is 0 Å². The Morgan fingerprint density at radius 3 is 2.67 bits per heavy atom. The van der Waals surface area contributed by atoms with Gasteiger partial charge in [-0.05, 0) is 43.0 Å². The lowest BCUT2D eigenvalue weighted by Crippen LogP contribution is -2.15. The molecule has 0 radical (unpaired) electrons. The molecule has 0 fully saturated rings. The van der Waals surface area contributed by atoms with Crippen LogP contribution in [-0.2, 0) is 0 Å². The Bertz CT molecular complexity index is 651. The second-order valence-electron chi connectivity index (χ2n) is 5.33. The fourth-order valence-electron chi connectivity index (χ4n) is 2.26. The Kier molecular flexibility index (Phi) is 4.73. The number of amides is 1. The average Bonchev–Trinajstić information content (AvgIpc) is 2.49. The summed E-state index contributed by atoms with van der Waals surface area (Å²) in [6.07, 6.45) is 0.978. The van der Waals surface area contributed by atoms with E-state index in [1.54, 1.807) is 12.1 Å². The molecule has 2 nitrogen and oxygen atoms in total. The van der Waals surface area contributed by atoms with Crippen LogP contribution in [0.25, 0.3) is 0 Å². The summed E-state index contributed by atoms with van der Waals surface area (Å²) in [7, 11) is 0. The van der Waals surface area contributed by atoms with Crippen LogP contribution in [-0.4, -0.2) is 5.91 Å². The number of para-hydroxylation sites is 1. The van der Waals surface area contributed by atoms with Crippen LogP contribution in [0.15, 0.2) is 42.5 Å². The van der Waals surface area contributed by atoms with Crippen molar-refractivity contribution in [1.29, 1.82) is 0 Å². The lowest BCUT2D eigenvalue weighted by Gasteiger charge is -2.16. The number of carbonyl (C=O) groups excluding carboxylic acids is 1. The Morgan fingerprint density at radius 2 is 1.95 bits per heavy atom. The lowest BCUT2D eigenvalue weighted by molar-refractivity contribution is 0.102. The van der Waals surface area contributed by atoms with Crippen LogP contribution in [0.5, 0.6) is 0 Å². The Morgan fingerprint density at radius 1 is 1.24 bits per heavy atom. The Balaban J connectivity index is 2.30. The summed E-state index contributed by atoms with van der Waals surface area (Å²) >= 11 is 0. The number of carbonyl (C=O) groups is 1. The summed E-state index contributed by atoms with van der Waals surface area (Å²) in [6.45, 7) is 6.05. The molecule has 2 aromatic carbocycles. The van der Waals surface area contributed by atoms with Crippen molar-refractivity contribution in [2.24, 2.45) is 0 Å². The van der Waals surface area contributed by atoms with Gasteiger partial charge in [-0.2, -0.15) is 0 Å². The largest absolute Gasteiger partial charge is 0.322 e. The smallest absolute Gasteiger partial charge is 0.258 e. The van der Waals surface area contributed by atoms with E-state index in [0.29, 0.717) is 5.92 Å². The molecule has 3 heteroatoms. The van der Waals surface area contributed by atoms with Gasteiger partial charge in [0.05, 0.1) is 5.56 Å². The van der Waals surface area contributed by atoms with E-state index in [1.807, 2.05) is 31.2 Å². The van der Waals surface area contributed by atoms with Crippen LogP contribution in [0.1, 0.15) is 47.7 Å². The number of rotatable bonds is 4. The number of benzene rings is 2. The highest BCUT2D eigenvalue weighted by atomic mass is 19.1. The van der Waals surface area contributed by atoms with Crippen molar-refractivity contribution >= 4 is 11.6 Å². The molecule has 0 aromatic heterocycles. The molecule has 110 valence electrons. The molecule has 2 aromatic rings. The maximum Gasteiger partial charge on any atom is 0.258 e. The standard InChI is InChI=1S/C18H20FNO/c1-4-13(3)14-7-5-6-8-17(14)20-18(21)15-11-12(2)9-10-16(15)19/h5-11,13H,4H2,1-3H3,(H,20,21). The van der Waals surface area contributed by atoms with Gasteiger partial charge in [0.15, 0.2) is 0 Å². The average molecular weight is 285 g/mol. The van der Waals surface area contributed by atoms with E-state index in [4.69, 9.17) is 0 Å². The minimum atomic E-state index is -0.501. The van der Waals surface area contributed by atoms with Crippen molar-refractivity contribution in [2.75, 3.05) is 5.32 Å². The highest BCUT2D eigenvalue weighted by Crippen LogP contribution is 2.27. The summed E-state index contributed by atoms with van der Waals surface area (Å²) in [4.78, 5) is 12.3. The van der Waals surface area contributed by atoms with Crippen molar-refractivity contribution in [3.05, 3.63) is 65.0 Å². The normalized spacial score (nSPS) is 12.0. The highest BCUT2D eigenvalue weighted by molar-refractivity contribution is 6.05. The molecule has 0 saturated carbocycles. The highest BCUT2D eigenvalue weighted by Gasteiger charge is 2.15. The number of anilines is 1. The molecule has 0 aliphatic rings. The van der Waals surface area contributed by atoms with Crippen molar-refractivity contribution in [1.82, 2.24) is 0 Å². The van der Waals surface area contributed by atoms with Gasteiger partial charge in [-0.15, -0.1) is 0 Å². The van der Waals surface area contributed by atoms with Gasteiger partial charge < -0.3 is 5.32 Å². The third-order valence-corrected chi connectivity index (χ3v) is 3.72. The second-order valence-corrected chi connectivity index (χ2v) is 5.33. The van der Waals surface area contributed by atoms with Crippen molar-refractivity contribution in [2.45, 2.75) is 33.1 Å². The number of aryl methyl sites for hydroxylation is 1. The van der Waals surface area contributed by atoms with E-state index < -0.39 is 11.7 Å². The quantitative estimate of drug-likeness (QED) is 0.850. The van der Waals surface area contributed by atoms with Gasteiger partial charge in [-0.25, -0.2) is 4.39 Å². The van der Waals surface area contributed by atoms with E-state index in [0.717, 1.165) is 23.2 Å². The van der Waals surface area contributed by atoms with E-state index in [1.165, 1.54) is 6.07 Å². The monoisotopic (exact) mass is 285 g/mol. The first-order valence-electron chi connectivity index (χ1n) is 7.19.